The summed E-state index contributed by atoms with van der Waals surface area (Å²) in [6.07, 6.45) is 1.97. The van der Waals surface area contributed by atoms with E-state index < -0.39 is 0 Å². The number of fused-ring (bicyclic) bond motifs is 1. The molecule has 3 rings (SSSR count). The van der Waals surface area contributed by atoms with Gasteiger partial charge in [0, 0.05) is 27.0 Å². The van der Waals surface area contributed by atoms with Crippen LogP contribution in [0.5, 0.6) is 0 Å². The number of rotatable bonds is 3. The van der Waals surface area contributed by atoms with E-state index >= 15 is 0 Å². The zero-order valence-electron chi connectivity index (χ0n) is 10.1. The van der Waals surface area contributed by atoms with Gasteiger partial charge in [0.2, 0.25) is 0 Å². The molecule has 3 aromatic rings. The minimum atomic E-state index is 0.765. The first-order chi connectivity index (χ1) is 9.24. The Kier molecular flexibility index (Phi) is 3.66. The van der Waals surface area contributed by atoms with Crippen LogP contribution in [0.25, 0.3) is 10.9 Å². The first kappa shape index (κ1) is 12.8. The molecule has 96 valence electrons. The van der Waals surface area contributed by atoms with Crippen molar-refractivity contribution >= 4 is 50.8 Å². The minimum absolute atomic E-state index is 0.765. The molecule has 0 amide bonds. The number of para-hydroxylation sites is 1. The number of aromatic amines is 1. The highest BCUT2D eigenvalue weighted by atomic mass is 127. The smallest absolute Gasteiger partial charge is 0.0504 e. The Morgan fingerprint density at radius 2 is 2.05 bits per heavy atom. The van der Waals surface area contributed by atoms with Crippen molar-refractivity contribution in [3.63, 3.8) is 0 Å². The van der Waals surface area contributed by atoms with Gasteiger partial charge in [0.15, 0.2) is 0 Å². The number of benzene rings is 2. The molecule has 0 aliphatic carbocycles. The average Bonchev–Trinajstić information content (AvgIpc) is 2.86. The molecule has 19 heavy (non-hydrogen) atoms. The molecule has 0 aliphatic rings. The highest BCUT2D eigenvalue weighted by Crippen LogP contribution is 2.24. The fourth-order valence-corrected chi connectivity index (χ4v) is 3.18. The van der Waals surface area contributed by atoms with E-state index in [1.807, 2.05) is 24.4 Å². The van der Waals surface area contributed by atoms with E-state index in [1.54, 1.807) is 0 Å². The van der Waals surface area contributed by atoms with E-state index in [0.29, 0.717) is 0 Å². The maximum absolute atomic E-state index is 5.96. The number of nitrogens with one attached hydrogen (secondary N) is 2. The molecule has 0 spiro atoms. The predicted octanol–water partition coefficient (Wildman–Crippen LogP) is 5.04. The molecule has 2 aromatic carbocycles. The number of hydrogen-bond donors (Lipinski definition) is 2. The van der Waals surface area contributed by atoms with Crippen LogP contribution in [0.2, 0.25) is 5.02 Å². The van der Waals surface area contributed by atoms with E-state index in [4.69, 9.17) is 11.6 Å². The lowest BCUT2D eigenvalue weighted by Gasteiger charge is -2.10. The van der Waals surface area contributed by atoms with E-state index in [-0.39, 0.29) is 0 Å². The van der Waals surface area contributed by atoms with Crippen molar-refractivity contribution in [3.05, 3.63) is 62.8 Å². The van der Waals surface area contributed by atoms with Crippen molar-refractivity contribution in [2.24, 2.45) is 0 Å². The maximum atomic E-state index is 5.96. The van der Waals surface area contributed by atoms with Crippen molar-refractivity contribution in [2.75, 3.05) is 5.32 Å². The molecule has 0 atom stereocenters. The molecule has 0 fully saturated rings. The lowest BCUT2D eigenvalue weighted by atomic mass is 10.1. The minimum Gasteiger partial charge on any atom is -0.380 e. The summed E-state index contributed by atoms with van der Waals surface area (Å²) in [7, 11) is 0. The molecule has 4 heteroatoms. The molecule has 0 bridgehead atoms. The van der Waals surface area contributed by atoms with Gasteiger partial charge in [-0.15, -0.1) is 0 Å². The second kappa shape index (κ2) is 5.43. The SMILES string of the molecule is Clc1ccc(NCc2cccc3cc[nH]c23)c(I)c1. The van der Waals surface area contributed by atoms with Gasteiger partial charge in [0.1, 0.15) is 0 Å². The normalized spacial score (nSPS) is 10.8. The fourth-order valence-electron chi connectivity index (χ4n) is 2.12. The van der Waals surface area contributed by atoms with Gasteiger partial charge in [-0.2, -0.15) is 0 Å². The van der Waals surface area contributed by atoms with E-state index in [9.17, 15) is 0 Å². The highest BCUT2D eigenvalue weighted by molar-refractivity contribution is 14.1. The van der Waals surface area contributed by atoms with Gasteiger partial charge in [-0.05, 0) is 57.8 Å². The molecule has 1 heterocycles. The third-order valence-corrected chi connectivity index (χ3v) is 4.20. The summed E-state index contributed by atoms with van der Waals surface area (Å²) in [6.45, 7) is 0.787. The molecule has 0 aliphatic heterocycles. The van der Waals surface area contributed by atoms with Crippen LogP contribution < -0.4 is 5.32 Å². The standard InChI is InChI=1S/C15H12ClIN2/c16-12-4-5-14(13(17)8-12)19-9-11-3-1-2-10-6-7-18-15(10)11/h1-8,18-19H,9H2. The van der Waals surface area contributed by atoms with E-state index in [0.717, 1.165) is 20.8 Å². The molecule has 2 nitrogen and oxygen atoms in total. The van der Waals surface area contributed by atoms with Crippen LogP contribution >= 0.6 is 34.2 Å². The number of hydrogen-bond acceptors (Lipinski definition) is 1. The van der Waals surface area contributed by atoms with Crippen LogP contribution in [-0.2, 0) is 6.54 Å². The van der Waals surface area contributed by atoms with Crippen molar-refractivity contribution < 1.29 is 0 Å². The monoisotopic (exact) mass is 382 g/mol. The second-order valence-corrected chi connectivity index (χ2v) is 5.94. The van der Waals surface area contributed by atoms with Crippen molar-refractivity contribution in [1.82, 2.24) is 4.98 Å². The van der Waals surface area contributed by atoms with Crippen molar-refractivity contribution in [1.29, 1.82) is 0 Å². The maximum Gasteiger partial charge on any atom is 0.0504 e. The van der Waals surface area contributed by atoms with Crippen LogP contribution in [0.3, 0.4) is 0 Å². The molecule has 0 saturated carbocycles. The molecule has 0 radical (unpaired) electrons. The van der Waals surface area contributed by atoms with Crippen LogP contribution in [0.4, 0.5) is 5.69 Å². The summed E-state index contributed by atoms with van der Waals surface area (Å²) in [4.78, 5) is 3.29. The first-order valence-corrected chi connectivity index (χ1v) is 7.43. The Morgan fingerprint density at radius 3 is 2.89 bits per heavy atom. The summed E-state index contributed by atoms with van der Waals surface area (Å²) >= 11 is 8.25. The Hall–Kier alpha value is -1.20. The second-order valence-electron chi connectivity index (χ2n) is 4.34. The Labute approximate surface area is 130 Å². The highest BCUT2D eigenvalue weighted by Gasteiger charge is 2.04. The molecular formula is C15H12ClIN2. The number of aromatic nitrogens is 1. The number of anilines is 1. The van der Waals surface area contributed by atoms with Gasteiger partial charge in [-0.3, -0.25) is 0 Å². The molecule has 0 unspecified atom stereocenters. The van der Waals surface area contributed by atoms with Crippen LogP contribution in [0, 0.1) is 3.57 Å². The quantitative estimate of drug-likeness (QED) is 0.610. The Balaban J connectivity index is 1.84. The third kappa shape index (κ3) is 2.72. The topological polar surface area (TPSA) is 27.8 Å². The van der Waals surface area contributed by atoms with Gasteiger partial charge < -0.3 is 10.3 Å². The zero-order valence-corrected chi connectivity index (χ0v) is 13.0. The van der Waals surface area contributed by atoms with Gasteiger partial charge in [-0.25, -0.2) is 0 Å². The van der Waals surface area contributed by atoms with Crippen LogP contribution in [-0.4, -0.2) is 4.98 Å². The van der Waals surface area contributed by atoms with Crippen molar-refractivity contribution in [3.8, 4) is 0 Å². The van der Waals surface area contributed by atoms with Crippen LogP contribution in [0.15, 0.2) is 48.7 Å². The largest absolute Gasteiger partial charge is 0.380 e. The molecule has 1 aromatic heterocycles. The summed E-state index contributed by atoms with van der Waals surface area (Å²) in [5, 5.41) is 5.46. The number of halogens is 2. The van der Waals surface area contributed by atoms with E-state index in [1.165, 1.54) is 16.5 Å². The van der Waals surface area contributed by atoms with Crippen molar-refractivity contribution in [2.45, 2.75) is 6.54 Å². The fraction of sp³-hybridized carbons (Fsp3) is 0.0667. The van der Waals surface area contributed by atoms with Crippen LogP contribution in [0.1, 0.15) is 5.56 Å². The van der Waals surface area contributed by atoms with Gasteiger partial charge >= 0.3 is 0 Å². The number of H-pyrrole nitrogens is 1. The molecular weight excluding hydrogens is 371 g/mol. The lowest BCUT2D eigenvalue weighted by molar-refractivity contribution is 1.15. The summed E-state index contributed by atoms with van der Waals surface area (Å²) in [5.41, 5.74) is 3.56. The summed E-state index contributed by atoms with van der Waals surface area (Å²) in [5.74, 6) is 0. The molecule has 2 N–H and O–H groups in total. The van der Waals surface area contributed by atoms with Gasteiger partial charge in [-0.1, -0.05) is 29.8 Å². The first-order valence-electron chi connectivity index (χ1n) is 5.98. The summed E-state index contributed by atoms with van der Waals surface area (Å²) in [6, 6.07) is 14.3. The zero-order chi connectivity index (χ0) is 13.2. The molecule has 0 saturated heterocycles. The van der Waals surface area contributed by atoms with Gasteiger partial charge in [0.05, 0.1) is 5.52 Å². The lowest BCUT2D eigenvalue weighted by Crippen LogP contribution is -2.01. The summed E-state index contributed by atoms with van der Waals surface area (Å²) < 4.78 is 1.13. The van der Waals surface area contributed by atoms with Gasteiger partial charge in [0.25, 0.3) is 0 Å². The Bertz CT molecular complexity index is 721. The average molecular weight is 383 g/mol. The third-order valence-electron chi connectivity index (χ3n) is 3.07. The van der Waals surface area contributed by atoms with E-state index in [2.05, 4.69) is 57.2 Å². The predicted molar refractivity (Wildman–Crippen MR) is 89.8 cm³/mol. The Morgan fingerprint density at radius 1 is 1.16 bits per heavy atom.